The van der Waals surface area contributed by atoms with Gasteiger partial charge in [-0.05, 0) is 36.1 Å². The van der Waals surface area contributed by atoms with E-state index in [1.54, 1.807) is 0 Å². The molecule has 1 heterocycles. The zero-order valence-corrected chi connectivity index (χ0v) is 15.0. The zero-order valence-electron chi connectivity index (χ0n) is 14.2. The molecule has 0 spiro atoms. The number of aromatic nitrogens is 2. The van der Waals surface area contributed by atoms with Crippen LogP contribution in [-0.2, 0) is 10.0 Å². The van der Waals surface area contributed by atoms with Gasteiger partial charge in [0.1, 0.15) is 0 Å². The number of hydrogen-bond acceptors (Lipinski definition) is 4. The van der Waals surface area contributed by atoms with Gasteiger partial charge in [-0.2, -0.15) is 0 Å². The number of fused-ring (bicyclic) bond motifs is 1. The molecule has 1 atom stereocenters. The molecule has 0 bridgehead atoms. The number of rotatable bonds is 6. The molecular formula is C18H19N3O4S. The van der Waals surface area contributed by atoms with Gasteiger partial charge in [0.25, 0.3) is 0 Å². The van der Waals surface area contributed by atoms with Crippen LogP contribution < -0.4 is 15.8 Å². The highest BCUT2D eigenvalue weighted by Crippen LogP contribution is 2.19. The van der Waals surface area contributed by atoms with Gasteiger partial charge >= 0.3 is 11.1 Å². The number of aromatic amines is 2. The maximum Gasteiger partial charge on any atom is 0.314 e. The van der Waals surface area contributed by atoms with Crippen molar-refractivity contribution in [2.75, 3.05) is 6.54 Å². The molecule has 8 heteroatoms. The van der Waals surface area contributed by atoms with Gasteiger partial charge in [0.2, 0.25) is 10.0 Å². The van der Waals surface area contributed by atoms with E-state index in [1.165, 1.54) is 18.2 Å². The van der Waals surface area contributed by atoms with Gasteiger partial charge in [0.15, 0.2) is 0 Å². The van der Waals surface area contributed by atoms with E-state index in [0.29, 0.717) is 18.5 Å². The van der Waals surface area contributed by atoms with Crippen molar-refractivity contribution in [2.24, 2.45) is 0 Å². The molecule has 3 N–H and O–H groups in total. The van der Waals surface area contributed by atoms with Crippen molar-refractivity contribution in [3.05, 3.63) is 74.8 Å². The van der Waals surface area contributed by atoms with E-state index >= 15 is 0 Å². The number of H-pyrrole nitrogens is 2. The van der Waals surface area contributed by atoms with Crippen LogP contribution in [0.2, 0.25) is 0 Å². The van der Waals surface area contributed by atoms with E-state index in [4.69, 9.17) is 0 Å². The summed E-state index contributed by atoms with van der Waals surface area (Å²) in [6.45, 7) is 2.33. The Balaban J connectivity index is 1.74. The predicted molar refractivity (Wildman–Crippen MR) is 99.9 cm³/mol. The average molecular weight is 373 g/mol. The molecule has 0 saturated carbocycles. The first-order valence-electron chi connectivity index (χ1n) is 8.18. The average Bonchev–Trinajstić information content (AvgIpc) is 2.62. The largest absolute Gasteiger partial charge is 0.316 e. The van der Waals surface area contributed by atoms with Crippen molar-refractivity contribution < 1.29 is 8.42 Å². The van der Waals surface area contributed by atoms with Crippen molar-refractivity contribution in [2.45, 2.75) is 24.2 Å². The Hall–Kier alpha value is -2.71. The molecular weight excluding hydrogens is 354 g/mol. The summed E-state index contributed by atoms with van der Waals surface area (Å²) in [6, 6.07) is 14.0. The van der Waals surface area contributed by atoms with Crippen molar-refractivity contribution in [1.82, 2.24) is 14.7 Å². The number of benzene rings is 2. The third kappa shape index (κ3) is 3.92. The molecule has 0 fully saturated rings. The van der Waals surface area contributed by atoms with Crippen LogP contribution in [0.4, 0.5) is 0 Å². The fraction of sp³-hybridized carbons (Fsp3) is 0.222. The van der Waals surface area contributed by atoms with Crippen LogP contribution in [0.15, 0.2) is 63.0 Å². The summed E-state index contributed by atoms with van der Waals surface area (Å²) in [7, 11) is -3.72. The van der Waals surface area contributed by atoms with Crippen molar-refractivity contribution >= 4 is 21.1 Å². The predicted octanol–water partition coefficient (Wildman–Crippen LogP) is 1.69. The lowest BCUT2D eigenvalue weighted by atomic mass is 9.98. The molecule has 3 aromatic rings. The van der Waals surface area contributed by atoms with Gasteiger partial charge in [-0.1, -0.05) is 37.3 Å². The summed E-state index contributed by atoms with van der Waals surface area (Å²) >= 11 is 0. The second-order valence-corrected chi connectivity index (χ2v) is 7.88. The van der Waals surface area contributed by atoms with Crippen molar-refractivity contribution in [3.63, 3.8) is 0 Å². The monoisotopic (exact) mass is 373 g/mol. The maximum absolute atomic E-state index is 12.5. The van der Waals surface area contributed by atoms with Gasteiger partial charge in [0.05, 0.1) is 15.9 Å². The van der Waals surface area contributed by atoms with Crippen LogP contribution in [-0.4, -0.2) is 24.9 Å². The topological polar surface area (TPSA) is 112 Å². The molecule has 2 aromatic carbocycles. The minimum atomic E-state index is -3.72. The molecule has 7 nitrogen and oxygen atoms in total. The first-order chi connectivity index (χ1) is 12.4. The second kappa shape index (κ2) is 7.27. The van der Waals surface area contributed by atoms with E-state index in [1.807, 2.05) is 37.3 Å². The highest BCUT2D eigenvalue weighted by Gasteiger charge is 2.15. The van der Waals surface area contributed by atoms with Crippen LogP contribution in [0, 0.1) is 0 Å². The third-order valence-corrected chi connectivity index (χ3v) is 5.70. The van der Waals surface area contributed by atoms with Crippen LogP contribution >= 0.6 is 0 Å². The Labute approximate surface area is 150 Å². The molecule has 26 heavy (non-hydrogen) atoms. The first kappa shape index (κ1) is 18.1. The van der Waals surface area contributed by atoms with E-state index in [2.05, 4.69) is 14.7 Å². The van der Waals surface area contributed by atoms with E-state index in [-0.39, 0.29) is 16.3 Å². The van der Waals surface area contributed by atoms with Crippen LogP contribution in [0.25, 0.3) is 11.0 Å². The molecule has 0 radical (unpaired) electrons. The highest BCUT2D eigenvalue weighted by molar-refractivity contribution is 7.89. The molecule has 0 aliphatic carbocycles. The zero-order chi connectivity index (χ0) is 18.7. The van der Waals surface area contributed by atoms with E-state index in [0.717, 1.165) is 5.56 Å². The Morgan fingerprint density at radius 1 is 0.962 bits per heavy atom. The molecule has 0 amide bonds. The molecule has 1 aromatic heterocycles. The minimum absolute atomic E-state index is 0.0278. The first-order valence-corrected chi connectivity index (χ1v) is 9.66. The third-order valence-electron chi connectivity index (χ3n) is 4.24. The van der Waals surface area contributed by atoms with E-state index < -0.39 is 21.1 Å². The Kier molecular flexibility index (Phi) is 5.06. The summed E-state index contributed by atoms with van der Waals surface area (Å²) in [5.41, 5.74) is 0.179. The Morgan fingerprint density at radius 2 is 1.62 bits per heavy atom. The maximum atomic E-state index is 12.5. The molecule has 3 rings (SSSR count). The number of hydrogen-bond donors (Lipinski definition) is 3. The fourth-order valence-corrected chi connectivity index (χ4v) is 3.78. The summed E-state index contributed by atoms with van der Waals surface area (Å²) < 4.78 is 27.5. The van der Waals surface area contributed by atoms with Gasteiger partial charge in [-0.3, -0.25) is 9.59 Å². The quantitative estimate of drug-likeness (QED) is 0.571. The smallest absolute Gasteiger partial charge is 0.314 e. The summed E-state index contributed by atoms with van der Waals surface area (Å²) in [5, 5.41) is 0. The molecule has 1 unspecified atom stereocenters. The lowest BCUT2D eigenvalue weighted by Gasteiger charge is -2.13. The van der Waals surface area contributed by atoms with Crippen molar-refractivity contribution in [1.29, 1.82) is 0 Å². The SMILES string of the molecule is CC(CCNS(=O)(=O)c1ccc2[nH]c(=O)c(=O)[nH]c2c1)c1ccccc1. The summed E-state index contributed by atoms with van der Waals surface area (Å²) in [4.78, 5) is 27.5. The Morgan fingerprint density at radius 3 is 2.31 bits per heavy atom. The van der Waals surface area contributed by atoms with Crippen LogP contribution in [0.5, 0.6) is 0 Å². The van der Waals surface area contributed by atoms with E-state index in [9.17, 15) is 18.0 Å². The molecule has 136 valence electrons. The van der Waals surface area contributed by atoms with Crippen LogP contribution in [0.3, 0.4) is 0 Å². The lowest BCUT2D eigenvalue weighted by Crippen LogP contribution is -2.29. The highest BCUT2D eigenvalue weighted by atomic mass is 32.2. The number of nitrogens with one attached hydrogen (secondary N) is 3. The summed E-state index contributed by atoms with van der Waals surface area (Å²) in [6.07, 6.45) is 0.654. The minimum Gasteiger partial charge on any atom is -0.316 e. The Bertz CT molecular complexity index is 1130. The summed E-state index contributed by atoms with van der Waals surface area (Å²) in [5.74, 6) is 0.219. The normalized spacial score (nSPS) is 13.0. The lowest BCUT2D eigenvalue weighted by molar-refractivity contribution is 0.572. The van der Waals surface area contributed by atoms with Gasteiger partial charge < -0.3 is 9.97 Å². The standard InChI is InChI=1S/C18H19N3O4S/c1-12(13-5-3-2-4-6-13)9-10-19-26(24,25)14-7-8-15-16(11-14)21-18(23)17(22)20-15/h2-8,11-12,19H,9-10H2,1H3,(H,20,22)(H,21,23). The number of sulfonamides is 1. The fourth-order valence-electron chi connectivity index (χ4n) is 2.70. The van der Waals surface area contributed by atoms with Crippen molar-refractivity contribution in [3.8, 4) is 0 Å². The molecule has 0 aliphatic rings. The second-order valence-electron chi connectivity index (χ2n) is 6.11. The van der Waals surface area contributed by atoms with Crippen LogP contribution in [0.1, 0.15) is 24.8 Å². The van der Waals surface area contributed by atoms with Gasteiger partial charge in [-0.25, -0.2) is 13.1 Å². The van der Waals surface area contributed by atoms with Gasteiger partial charge in [0, 0.05) is 6.54 Å². The molecule has 0 saturated heterocycles. The van der Waals surface area contributed by atoms with Gasteiger partial charge in [-0.15, -0.1) is 0 Å². The molecule has 0 aliphatic heterocycles.